The predicted molar refractivity (Wildman–Crippen MR) is 90.1 cm³/mol. The van der Waals surface area contributed by atoms with E-state index < -0.39 is 0 Å². The molecule has 5 heteroatoms. The van der Waals surface area contributed by atoms with Crippen molar-refractivity contribution in [3.8, 4) is 0 Å². The van der Waals surface area contributed by atoms with Gasteiger partial charge in [0.2, 0.25) is 0 Å². The minimum Gasteiger partial charge on any atom is -0.312 e. The number of benzene rings is 1. The first-order chi connectivity index (χ1) is 9.95. The second-order valence-corrected chi connectivity index (χ2v) is 7.13. The lowest BCUT2D eigenvalue weighted by molar-refractivity contribution is 0.550. The molecule has 0 saturated carbocycles. The van der Waals surface area contributed by atoms with Crippen LogP contribution in [0.25, 0.3) is 0 Å². The molecule has 0 aliphatic carbocycles. The maximum atomic E-state index is 6.14. The van der Waals surface area contributed by atoms with E-state index in [9.17, 15) is 0 Å². The van der Waals surface area contributed by atoms with Gasteiger partial charge in [-0.3, -0.25) is 4.68 Å². The number of aromatic nitrogens is 2. The second kappa shape index (κ2) is 7.34. The van der Waals surface area contributed by atoms with Gasteiger partial charge >= 0.3 is 0 Å². The van der Waals surface area contributed by atoms with Crippen molar-refractivity contribution in [2.45, 2.75) is 37.2 Å². The largest absolute Gasteiger partial charge is 0.312 e. The van der Waals surface area contributed by atoms with Crippen molar-refractivity contribution in [3.63, 3.8) is 0 Å². The number of hydrogen-bond donors (Lipinski definition) is 1. The van der Waals surface area contributed by atoms with Crippen LogP contribution in [0.15, 0.2) is 34.2 Å². The summed E-state index contributed by atoms with van der Waals surface area (Å²) in [6.45, 7) is 8.26. The molecule has 0 radical (unpaired) electrons. The van der Waals surface area contributed by atoms with E-state index in [0.29, 0.717) is 5.92 Å². The molecule has 2 rings (SSSR count). The molecular weight excluding hydrogens is 302 g/mol. The Morgan fingerprint density at radius 3 is 2.71 bits per heavy atom. The smallest absolute Gasteiger partial charge is 0.0987 e. The van der Waals surface area contributed by atoms with Gasteiger partial charge in [-0.05, 0) is 49.2 Å². The van der Waals surface area contributed by atoms with Crippen LogP contribution in [0.4, 0.5) is 0 Å². The first-order valence-corrected chi connectivity index (χ1v) is 8.33. The van der Waals surface area contributed by atoms with Crippen LogP contribution in [0.3, 0.4) is 0 Å². The van der Waals surface area contributed by atoms with E-state index in [1.165, 1.54) is 10.5 Å². The molecule has 21 heavy (non-hydrogen) atoms. The van der Waals surface area contributed by atoms with E-state index in [0.717, 1.165) is 28.8 Å². The van der Waals surface area contributed by atoms with Crippen LogP contribution < -0.4 is 5.32 Å². The molecule has 0 amide bonds. The molecule has 0 saturated heterocycles. The highest BCUT2D eigenvalue weighted by molar-refractivity contribution is 7.99. The Kier molecular flexibility index (Phi) is 5.73. The molecule has 0 fully saturated rings. The van der Waals surface area contributed by atoms with Gasteiger partial charge in [0, 0.05) is 23.5 Å². The molecule has 0 aliphatic heterocycles. The molecule has 2 aromatic rings. The summed E-state index contributed by atoms with van der Waals surface area (Å²) in [6.07, 6.45) is 0. The van der Waals surface area contributed by atoms with E-state index >= 15 is 0 Å². The predicted octanol–water partition coefficient (Wildman–Crippen LogP) is 4.28. The van der Waals surface area contributed by atoms with Crippen LogP contribution >= 0.6 is 23.4 Å². The molecule has 3 nitrogen and oxygen atoms in total. The number of hydrogen-bond acceptors (Lipinski definition) is 3. The minimum absolute atomic E-state index is 0.639. The number of nitrogens with zero attached hydrogens (tertiary/aromatic N) is 2. The zero-order chi connectivity index (χ0) is 15.4. The molecule has 1 aromatic carbocycles. The van der Waals surface area contributed by atoms with Crippen molar-refractivity contribution < 1.29 is 0 Å². The third-order valence-electron chi connectivity index (χ3n) is 3.06. The third kappa shape index (κ3) is 4.77. The quantitative estimate of drug-likeness (QED) is 0.860. The highest BCUT2D eigenvalue weighted by Gasteiger charge is 2.09. The monoisotopic (exact) mass is 323 g/mol. The summed E-state index contributed by atoms with van der Waals surface area (Å²) < 4.78 is 1.92. The summed E-state index contributed by atoms with van der Waals surface area (Å²) >= 11 is 7.87. The second-order valence-electron chi connectivity index (χ2n) is 5.63. The molecule has 1 heterocycles. The Morgan fingerprint density at radius 1 is 1.33 bits per heavy atom. The molecule has 0 unspecified atom stereocenters. The maximum Gasteiger partial charge on any atom is 0.0987 e. The van der Waals surface area contributed by atoms with Crippen LogP contribution in [-0.2, 0) is 13.6 Å². The fraction of sp³-hybridized carbons (Fsp3) is 0.438. The Labute approximate surface area is 136 Å². The minimum atomic E-state index is 0.639. The molecule has 1 N–H and O–H groups in total. The number of halogens is 1. The zero-order valence-corrected chi connectivity index (χ0v) is 14.6. The summed E-state index contributed by atoms with van der Waals surface area (Å²) in [6, 6.07) is 8.17. The molecular formula is C16H22ClN3S. The molecule has 0 bridgehead atoms. The van der Waals surface area contributed by atoms with Crippen LogP contribution in [-0.4, -0.2) is 16.3 Å². The molecule has 1 aromatic heterocycles. The lowest BCUT2D eigenvalue weighted by Crippen LogP contribution is -2.19. The SMILES string of the molecule is Cc1cc(Sc2ccc(Cl)cc2CNCC(C)C)n(C)n1. The normalized spacial score (nSPS) is 11.3. The van der Waals surface area contributed by atoms with E-state index in [2.05, 4.69) is 36.4 Å². The van der Waals surface area contributed by atoms with Crippen molar-refractivity contribution in [1.29, 1.82) is 0 Å². The van der Waals surface area contributed by atoms with Crippen LogP contribution in [0.2, 0.25) is 5.02 Å². The summed E-state index contributed by atoms with van der Waals surface area (Å²) in [5.41, 5.74) is 2.26. The van der Waals surface area contributed by atoms with E-state index in [1.807, 2.05) is 30.8 Å². The van der Waals surface area contributed by atoms with Crippen LogP contribution in [0, 0.1) is 12.8 Å². The third-order valence-corrected chi connectivity index (χ3v) is 4.51. The van der Waals surface area contributed by atoms with Crippen LogP contribution in [0.1, 0.15) is 25.1 Å². The highest BCUT2D eigenvalue weighted by atomic mass is 35.5. The fourth-order valence-corrected chi connectivity index (χ4v) is 3.30. The molecule has 0 atom stereocenters. The summed E-state index contributed by atoms with van der Waals surface area (Å²) in [7, 11) is 1.97. The summed E-state index contributed by atoms with van der Waals surface area (Å²) in [5, 5.41) is 9.79. The van der Waals surface area contributed by atoms with Gasteiger partial charge < -0.3 is 5.32 Å². The van der Waals surface area contributed by atoms with Crippen molar-refractivity contribution >= 4 is 23.4 Å². The highest BCUT2D eigenvalue weighted by Crippen LogP contribution is 2.32. The average Bonchev–Trinajstić information content (AvgIpc) is 2.70. The standard InChI is InChI=1S/C16H22ClN3S/c1-11(2)9-18-10-13-8-14(17)5-6-15(13)21-16-7-12(3)19-20(16)4/h5-8,11,18H,9-10H2,1-4H3. The zero-order valence-electron chi connectivity index (χ0n) is 13.0. The summed E-state index contributed by atoms with van der Waals surface area (Å²) in [4.78, 5) is 1.22. The van der Waals surface area contributed by atoms with Crippen molar-refractivity contribution in [1.82, 2.24) is 15.1 Å². The molecule has 0 aliphatic rings. The Balaban J connectivity index is 2.16. The van der Waals surface area contributed by atoms with Crippen molar-refractivity contribution in [2.75, 3.05) is 6.54 Å². The van der Waals surface area contributed by atoms with Gasteiger partial charge in [-0.1, -0.05) is 37.2 Å². The van der Waals surface area contributed by atoms with Crippen LogP contribution in [0.5, 0.6) is 0 Å². The Bertz CT molecular complexity index is 608. The first kappa shape index (κ1) is 16.4. The lowest BCUT2D eigenvalue weighted by Gasteiger charge is -2.12. The Morgan fingerprint density at radius 2 is 2.10 bits per heavy atom. The molecule has 114 valence electrons. The van der Waals surface area contributed by atoms with Gasteiger partial charge in [-0.2, -0.15) is 5.10 Å². The van der Waals surface area contributed by atoms with E-state index in [4.69, 9.17) is 11.6 Å². The fourth-order valence-electron chi connectivity index (χ4n) is 2.08. The Hall–Kier alpha value is -0.970. The first-order valence-electron chi connectivity index (χ1n) is 7.13. The van der Waals surface area contributed by atoms with Gasteiger partial charge in [0.25, 0.3) is 0 Å². The summed E-state index contributed by atoms with van der Waals surface area (Å²) in [5.74, 6) is 0.639. The van der Waals surface area contributed by atoms with E-state index in [1.54, 1.807) is 11.8 Å². The van der Waals surface area contributed by atoms with Gasteiger partial charge in [0.15, 0.2) is 0 Å². The van der Waals surface area contributed by atoms with Gasteiger partial charge in [0.1, 0.15) is 0 Å². The lowest BCUT2D eigenvalue weighted by atomic mass is 10.2. The van der Waals surface area contributed by atoms with Crippen molar-refractivity contribution in [2.24, 2.45) is 13.0 Å². The van der Waals surface area contributed by atoms with Crippen molar-refractivity contribution in [3.05, 3.63) is 40.5 Å². The number of rotatable bonds is 6. The van der Waals surface area contributed by atoms with E-state index in [-0.39, 0.29) is 0 Å². The average molecular weight is 324 g/mol. The number of nitrogens with one attached hydrogen (secondary N) is 1. The van der Waals surface area contributed by atoms with Gasteiger partial charge in [-0.25, -0.2) is 0 Å². The van der Waals surface area contributed by atoms with Gasteiger partial charge in [0.05, 0.1) is 10.7 Å². The number of aryl methyl sites for hydroxylation is 2. The van der Waals surface area contributed by atoms with Gasteiger partial charge in [-0.15, -0.1) is 0 Å². The molecule has 0 spiro atoms. The maximum absolute atomic E-state index is 6.14. The topological polar surface area (TPSA) is 29.9 Å².